The van der Waals surface area contributed by atoms with Crippen LogP contribution >= 0.6 is 30.4 Å². The fraction of sp³-hybridized carbons (Fsp3) is 0.500. The number of hydrazine groups is 1. The first-order chi connectivity index (χ1) is 18.5. The quantitative estimate of drug-likeness (QED) is 0.165. The normalized spacial score (nSPS) is 19.7. The Kier molecular flexibility index (Phi) is 8.41. The number of hydrogen-bond acceptors (Lipinski definition) is 7. The number of nitrogens with zero attached hydrogens (tertiary/aromatic N) is 3. The molecule has 0 radical (unpaired) electrons. The third-order valence-corrected chi connectivity index (χ3v) is 9.68. The van der Waals surface area contributed by atoms with E-state index in [0.717, 1.165) is 37.0 Å². The number of hydrogen-bond donors (Lipinski definition) is 3. The molecule has 1 aliphatic carbocycles. The number of aromatic nitrogens is 3. The van der Waals surface area contributed by atoms with E-state index in [1.54, 1.807) is 29.3 Å². The number of ketones is 1. The predicted octanol–water partition coefficient (Wildman–Crippen LogP) is 5.73. The zero-order valence-corrected chi connectivity index (χ0v) is 24.9. The Hall–Kier alpha value is -1.61. The highest BCUT2D eigenvalue weighted by Gasteiger charge is 2.36. The number of alkyl halides is 3. The third-order valence-electron chi connectivity index (χ3n) is 7.41. The van der Waals surface area contributed by atoms with Crippen molar-refractivity contribution in [2.24, 2.45) is 0 Å². The Morgan fingerprint density at radius 3 is 2.49 bits per heavy atom. The van der Waals surface area contributed by atoms with E-state index < -0.39 is 23.2 Å². The summed E-state index contributed by atoms with van der Waals surface area (Å²) >= 11 is 1.27. The van der Waals surface area contributed by atoms with Crippen LogP contribution < -0.4 is 15.6 Å². The summed E-state index contributed by atoms with van der Waals surface area (Å²) in [5, 5.41) is 0.409. The smallest absolute Gasteiger partial charge is 0.285 e. The summed E-state index contributed by atoms with van der Waals surface area (Å²) < 4.78 is 47.8. The Labute approximate surface area is 234 Å². The second kappa shape index (κ2) is 11.3. The second-order valence-corrected chi connectivity index (χ2v) is 12.9. The van der Waals surface area contributed by atoms with E-state index in [1.165, 1.54) is 24.2 Å². The number of carbonyl (C=O) groups excluding carboxylic acids is 1. The summed E-state index contributed by atoms with van der Waals surface area (Å²) in [6.45, 7) is 3.98. The molecule has 13 heteroatoms. The van der Waals surface area contributed by atoms with E-state index >= 15 is 0 Å². The average Bonchev–Trinajstić information content (AvgIpc) is 3.21. The zero-order valence-electron chi connectivity index (χ0n) is 21.8. The van der Waals surface area contributed by atoms with Crippen LogP contribution in [0, 0.1) is 0 Å². The number of nitrogens with one attached hydrogen (secondary N) is 3. The highest BCUT2D eigenvalue weighted by Crippen LogP contribution is 2.43. The van der Waals surface area contributed by atoms with Gasteiger partial charge in [-0.05, 0) is 56.8 Å². The van der Waals surface area contributed by atoms with E-state index in [0.29, 0.717) is 34.5 Å². The van der Waals surface area contributed by atoms with Crippen molar-refractivity contribution in [2.45, 2.75) is 80.0 Å². The largest absolute Gasteiger partial charge is 0.320 e. The molecule has 3 N–H and O–H groups in total. The van der Waals surface area contributed by atoms with Crippen molar-refractivity contribution in [2.75, 3.05) is 6.54 Å². The number of carbonyl (C=O) groups is 1. The van der Waals surface area contributed by atoms with Crippen LogP contribution in [0.2, 0.25) is 0 Å². The number of fused-ring (bicyclic) bond motifs is 1. The maximum atomic E-state index is 14.4. The first-order valence-corrected chi connectivity index (χ1v) is 15.1. The summed E-state index contributed by atoms with van der Waals surface area (Å²) in [7, 11) is 3.72. The molecule has 5 rings (SSSR count). The van der Waals surface area contributed by atoms with Crippen LogP contribution in [0.3, 0.4) is 0 Å². The van der Waals surface area contributed by atoms with Crippen molar-refractivity contribution in [1.29, 1.82) is 0 Å². The minimum Gasteiger partial charge on any atom is -0.320 e. The number of halogens is 3. The summed E-state index contributed by atoms with van der Waals surface area (Å²) in [6.07, 6.45) is 7.90. The highest BCUT2D eigenvalue weighted by molar-refractivity contribution is 7.97. The lowest BCUT2D eigenvalue weighted by atomic mass is 9.94. The van der Waals surface area contributed by atoms with Gasteiger partial charge in [-0.3, -0.25) is 19.9 Å². The molecule has 2 aliphatic rings. The average molecular weight is 597 g/mol. The van der Waals surface area contributed by atoms with Crippen molar-refractivity contribution in [3.8, 4) is 11.4 Å². The molecule has 39 heavy (non-hydrogen) atoms. The van der Waals surface area contributed by atoms with Gasteiger partial charge in [0, 0.05) is 40.8 Å². The van der Waals surface area contributed by atoms with E-state index in [9.17, 15) is 18.0 Å². The first-order valence-electron chi connectivity index (χ1n) is 13.0. The van der Waals surface area contributed by atoms with Gasteiger partial charge in [0.1, 0.15) is 11.6 Å². The lowest BCUT2D eigenvalue weighted by Crippen LogP contribution is -2.62. The van der Waals surface area contributed by atoms with Crippen LogP contribution in [0.5, 0.6) is 0 Å². The van der Waals surface area contributed by atoms with Crippen LogP contribution in [0.4, 0.5) is 13.2 Å². The van der Waals surface area contributed by atoms with Crippen molar-refractivity contribution >= 4 is 47.2 Å². The number of rotatable bonds is 9. The Morgan fingerprint density at radius 2 is 1.92 bits per heavy atom. The molecule has 4 heterocycles. The predicted molar refractivity (Wildman–Crippen MR) is 156 cm³/mol. The molecule has 0 spiro atoms. The van der Waals surface area contributed by atoms with Gasteiger partial charge < -0.3 is 4.57 Å². The molecule has 3 aromatic heterocycles. The summed E-state index contributed by atoms with van der Waals surface area (Å²) in [5.74, 6) is -1.33. The molecule has 3 aromatic rings. The van der Waals surface area contributed by atoms with Crippen LogP contribution in [-0.2, 0) is 5.66 Å². The molecule has 1 saturated carbocycles. The molecule has 0 amide bonds. The Balaban J connectivity index is 1.65. The molecule has 7 nitrogen and oxygen atoms in total. The van der Waals surface area contributed by atoms with Gasteiger partial charge in [0.2, 0.25) is 0 Å². The first kappa shape index (κ1) is 28.9. The topological polar surface area (TPSA) is 83.9 Å². The van der Waals surface area contributed by atoms with Crippen molar-refractivity contribution in [3.05, 3.63) is 41.7 Å². The van der Waals surface area contributed by atoms with Gasteiger partial charge in [-0.25, -0.2) is 14.8 Å². The SMILES string of the molecule is CC(C)(NSc1ccc(-c2c(C(=O)C3CNN3)c3cc(C(F)(F)P)cnc3n2C2CCCCC2)nc1)C(F)P. The summed E-state index contributed by atoms with van der Waals surface area (Å²) in [4.78, 5) is 23.8. The van der Waals surface area contributed by atoms with E-state index in [2.05, 4.69) is 34.4 Å². The minimum absolute atomic E-state index is 0.0713. The van der Waals surface area contributed by atoms with Crippen molar-refractivity contribution in [3.63, 3.8) is 0 Å². The minimum atomic E-state index is -3.18. The summed E-state index contributed by atoms with van der Waals surface area (Å²) in [6, 6.07) is 4.68. The van der Waals surface area contributed by atoms with E-state index in [1.807, 2.05) is 12.1 Å². The van der Waals surface area contributed by atoms with Gasteiger partial charge in [-0.2, -0.15) is 8.78 Å². The molecule has 1 aliphatic heterocycles. The molecular weight excluding hydrogens is 563 g/mol. The van der Waals surface area contributed by atoms with Crippen molar-refractivity contribution < 1.29 is 18.0 Å². The molecule has 4 atom stereocenters. The van der Waals surface area contributed by atoms with Crippen LogP contribution in [-0.4, -0.2) is 44.4 Å². The lowest BCUT2D eigenvalue weighted by molar-refractivity contribution is 0.0884. The van der Waals surface area contributed by atoms with Crippen molar-refractivity contribution in [1.82, 2.24) is 30.1 Å². The van der Waals surface area contributed by atoms with Gasteiger partial charge in [0.05, 0.1) is 28.5 Å². The van der Waals surface area contributed by atoms with E-state index in [-0.39, 0.29) is 17.4 Å². The Bertz CT molecular complexity index is 1350. The monoisotopic (exact) mass is 596 g/mol. The molecule has 4 unspecified atom stereocenters. The van der Waals surface area contributed by atoms with Crippen LogP contribution in [0.25, 0.3) is 22.4 Å². The molecule has 0 bridgehead atoms. The van der Waals surface area contributed by atoms with Gasteiger partial charge in [0.25, 0.3) is 5.66 Å². The fourth-order valence-corrected chi connectivity index (χ4v) is 6.03. The van der Waals surface area contributed by atoms with E-state index in [4.69, 9.17) is 4.98 Å². The molecule has 1 saturated heterocycles. The number of pyridine rings is 2. The lowest BCUT2D eigenvalue weighted by Gasteiger charge is -2.28. The van der Waals surface area contributed by atoms with Gasteiger partial charge in [0.15, 0.2) is 5.78 Å². The molecule has 0 aromatic carbocycles. The molecular formula is C26H33F3N6OP2S. The van der Waals surface area contributed by atoms with Gasteiger partial charge in [-0.1, -0.05) is 37.7 Å². The second-order valence-electron chi connectivity index (χ2n) is 10.8. The third kappa shape index (κ3) is 5.90. The van der Waals surface area contributed by atoms with Gasteiger partial charge >= 0.3 is 0 Å². The van der Waals surface area contributed by atoms with Crippen LogP contribution in [0.15, 0.2) is 35.5 Å². The highest BCUT2D eigenvalue weighted by atomic mass is 32.2. The summed E-state index contributed by atoms with van der Waals surface area (Å²) in [5.41, 5.74) is 3.64. The maximum Gasteiger partial charge on any atom is 0.285 e. The van der Waals surface area contributed by atoms with Crippen LogP contribution in [0.1, 0.15) is 67.9 Å². The standard InChI is InChI=1S/C26H33F3N6OP2S/c1-25(2,24(27)37)34-39-16-8-9-18(30-12-16)21-20(22(36)19-13-32-33-19)17-10-14(26(28,29)38)11-31-23(17)35(21)15-6-4-3-5-7-15/h8-12,15,19,24,32-34H,3-7,13,37-38H2,1-2H3. The maximum absolute atomic E-state index is 14.4. The number of Topliss-reactive ketones (excluding diaryl/α,β-unsaturated/α-hetero) is 1. The molecule has 210 valence electrons. The Morgan fingerprint density at radius 1 is 1.21 bits per heavy atom. The van der Waals surface area contributed by atoms with Gasteiger partial charge in [-0.15, -0.1) is 0 Å². The fourth-order valence-electron chi connectivity index (χ4n) is 4.93. The zero-order chi connectivity index (χ0) is 27.9. The molecule has 2 fully saturated rings.